The second-order valence-corrected chi connectivity index (χ2v) is 9.08. The Balaban J connectivity index is 1.87. The number of ether oxygens (including phenoxy) is 2. The van der Waals surface area contributed by atoms with Crippen LogP contribution in [0.5, 0.6) is 11.5 Å². The summed E-state index contributed by atoms with van der Waals surface area (Å²) in [7, 11) is 1.61. The maximum Gasteiger partial charge on any atom is 0.263 e. The van der Waals surface area contributed by atoms with Gasteiger partial charge in [-0.05, 0) is 49.6 Å². The molecule has 1 heterocycles. The average molecular weight is 479 g/mol. The number of methoxy groups -OCH3 is 1. The number of hydrogen-bond acceptors (Lipinski definition) is 5. The molecular weight excluding hydrogens is 444 g/mol. The highest BCUT2D eigenvalue weighted by Gasteiger charge is 2.24. The van der Waals surface area contributed by atoms with Crippen molar-refractivity contribution in [1.29, 1.82) is 0 Å². The molecule has 0 spiro atoms. The van der Waals surface area contributed by atoms with Crippen LogP contribution >= 0.6 is 0 Å². The van der Waals surface area contributed by atoms with Crippen LogP contribution in [-0.4, -0.2) is 53.3 Å². The SMILES string of the molecule is CCN(CC)C(=O)c1cnn(-c2ccccc2)c1NC(=O)COc1ccc(OC)cc1C(C)(C)C. The summed E-state index contributed by atoms with van der Waals surface area (Å²) in [4.78, 5) is 27.8. The summed E-state index contributed by atoms with van der Waals surface area (Å²) in [5.74, 6) is 1.04. The van der Waals surface area contributed by atoms with Crippen LogP contribution in [0.1, 0.15) is 50.5 Å². The first-order valence-electron chi connectivity index (χ1n) is 11.7. The molecule has 0 unspecified atom stereocenters. The standard InChI is InChI=1S/C27H34N4O4/c1-7-30(8-2)26(33)21-17-28-31(19-12-10-9-11-13-19)25(21)29-24(32)18-35-23-15-14-20(34-6)16-22(23)27(3,4)5/h9-17H,7-8,18H2,1-6H3,(H,29,32). The van der Waals surface area contributed by atoms with Crippen LogP contribution in [0.3, 0.4) is 0 Å². The van der Waals surface area contributed by atoms with Crippen LogP contribution in [0, 0.1) is 0 Å². The summed E-state index contributed by atoms with van der Waals surface area (Å²) in [6.45, 7) is 10.9. The summed E-state index contributed by atoms with van der Waals surface area (Å²) < 4.78 is 12.8. The van der Waals surface area contributed by atoms with Gasteiger partial charge >= 0.3 is 0 Å². The fraction of sp³-hybridized carbons (Fsp3) is 0.370. The van der Waals surface area contributed by atoms with Crippen LogP contribution in [0.4, 0.5) is 5.82 Å². The number of hydrogen-bond donors (Lipinski definition) is 1. The summed E-state index contributed by atoms with van der Waals surface area (Å²) >= 11 is 0. The minimum absolute atomic E-state index is 0.196. The van der Waals surface area contributed by atoms with E-state index < -0.39 is 5.91 Å². The van der Waals surface area contributed by atoms with Crippen LogP contribution in [0.2, 0.25) is 0 Å². The minimum Gasteiger partial charge on any atom is -0.497 e. The number of carbonyl (C=O) groups is 2. The Labute approximate surface area is 206 Å². The molecule has 0 aliphatic heterocycles. The Bertz CT molecular complexity index is 1160. The third kappa shape index (κ3) is 6.01. The van der Waals surface area contributed by atoms with E-state index in [1.807, 2.05) is 50.2 Å². The van der Waals surface area contributed by atoms with E-state index in [2.05, 4.69) is 31.2 Å². The smallest absolute Gasteiger partial charge is 0.263 e. The largest absolute Gasteiger partial charge is 0.497 e. The number of rotatable bonds is 9. The van der Waals surface area contributed by atoms with Gasteiger partial charge < -0.3 is 19.7 Å². The molecule has 3 rings (SSSR count). The van der Waals surface area contributed by atoms with E-state index in [-0.39, 0.29) is 17.9 Å². The van der Waals surface area contributed by atoms with Crippen molar-refractivity contribution in [3.63, 3.8) is 0 Å². The van der Waals surface area contributed by atoms with Crippen molar-refractivity contribution in [3.8, 4) is 17.2 Å². The van der Waals surface area contributed by atoms with E-state index in [0.717, 1.165) is 17.0 Å². The zero-order valence-electron chi connectivity index (χ0n) is 21.3. The van der Waals surface area contributed by atoms with Gasteiger partial charge in [0.1, 0.15) is 22.9 Å². The lowest BCUT2D eigenvalue weighted by atomic mass is 9.86. The highest BCUT2D eigenvalue weighted by molar-refractivity contribution is 6.03. The number of nitrogens with one attached hydrogen (secondary N) is 1. The fourth-order valence-corrected chi connectivity index (χ4v) is 3.73. The molecule has 0 saturated heterocycles. The number of aromatic nitrogens is 2. The van der Waals surface area contributed by atoms with Gasteiger partial charge in [-0.3, -0.25) is 9.59 Å². The second kappa shape index (κ2) is 11.1. The number of amides is 2. The average Bonchev–Trinajstić information content (AvgIpc) is 3.26. The Hall–Kier alpha value is -3.81. The summed E-state index contributed by atoms with van der Waals surface area (Å²) in [6, 6.07) is 14.9. The van der Waals surface area contributed by atoms with E-state index in [1.165, 1.54) is 6.20 Å². The Kier molecular flexibility index (Phi) is 8.17. The summed E-state index contributed by atoms with van der Waals surface area (Å²) in [6.07, 6.45) is 1.49. The predicted molar refractivity (Wildman–Crippen MR) is 137 cm³/mol. The van der Waals surface area contributed by atoms with Gasteiger partial charge in [0.15, 0.2) is 6.61 Å². The maximum atomic E-state index is 13.1. The highest BCUT2D eigenvalue weighted by Crippen LogP contribution is 2.34. The van der Waals surface area contributed by atoms with Gasteiger partial charge in [-0.1, -0.05) is 39.0 Å². The van der Waals surface area contributed by atoms with Crippen LogP contribution < -0.4 is 14.8 Å². The van der Waals surface area contributed by atoms with Gasteiger partial charge in [0, 0.05) is 18.7 Å². The van der Waals surface area contributed by atoms with Gasteiger partial charge in [0.05, 0.1) is 19.0 Å². The lowest BCUT2D eigenvalue weighted by Gasteiger charge is -2.23. The van der Waals surface area contributed by atoms with Crippen molar-refractivity contribution >= 4 is 17.6 Å². The van der Waals surface area contributed by atoms with E-state index in [1.54, 1.807) is 28.8 Å². The van der Waals surface area contributed by atoms with Crippen molar-refractivity contribution in [1.82, 2.24) is 14.7 Å². The van der Waals surface area contributed by atoms with E-state index in [9.17, 15) is 9.59 Å². The zero-order valence-corrected chi connectivity index (χ0v) is 21.3. The third-order valence-electron chi connectivity index (χ3n) is 5.66. The summed E-state index contributed by atoms with van der Waals surface area (Å²) in [5, 5.41) is 7.25. The molecule has 35 heavy (non-hydrogen) atoms. The van der Waals surface area contributed by atoms with E-state index in [4.69, 9.17) is 9.47 Å². The highest BCUT2D eigenvalue weighted by atomic mass is 16.5. The molecule has 1 N–H and O–H groups in total. The molecule has 0 atom stereocenters. The number of benzene rings is 2. The van der Waals surface area contributed by atoms with Crippen LogP contribution in [-0.2, 0) is 10.2 Å². The van der Waals surface area contributed by atoms with Gasteiger partial charge in [0.2, 0.25) is 0 Å². The number of para-hydroxylation sites is 1. The van der Waals surface area contributed by atoms with Crippen molar-refractivity contribution < 1.29 is 19.1 Å². The second-order valence-electron chi connectivity index (χ2n) is 9.08. The van der Waals surface area contributed by atoms with Crippen molar-refractivity contribution in [2.75, 3.05) is 32.1 Å². The normalized spacial score (nSPS) is 11.1. The Morgan fingerprint density at radius 3 is 2.34 bits per heavy atom. The van der Waals surface area contributed by atoms with Crippen molar-refractivity contribution in [2.45, 2.75) is 40.0 Å². The molecule has 1 aromatic heterocycles. The quantitative estimate of drug-likeness (QED) is 0.483. The molecule has 0 saturated carbocycles. The van der Waals surface area contributed by atoms with Crippen molar-refractivity contribution in [2.24, 2.45) is 0 Å². The van der Waals surface area contributed by atoms with Gasteiger partial charge in [-0.2, -0.15) is 5.10 Å². The first kappa shape index (κ1) is 25.8. The number of nitrogens with zero attached hydrogens (tertiary/aromatic N) is 3. The third-order valence-corrected chi connectivity index (χ3v) is 5.66. The molecule has 0 bridgehead atoms. The first-order valence-corrected chi connectivity index (χ1v) is 11.7. The van der Waals surface area contributed by atoms with Crippen LogP contribution in [0.15, 0.2) is 54.7 Å². The lowest BCUT2D eigenvalue weighted by molar-refractivity contribution is -0.118. The maximum absolute atomic E-state index is 13.1. The fourth-order valence-electron chi connectivity index (χ4n) is 3.73. The molecule has 186 valence electrons. The van der Waals surface area contributed by atoms with Gasteiger partial charge in [-0.25, -0.2) is 4.68 Å². The topological polar surface area (TPSA) is 85.7 Å². The molecule has 2 amide bonds. The number of carbonyl (C=O) groups excluding carboxylic acids is 2. The molecule has 0 fully saturated rings. The van der Waals surface area contributed by atoms with Crippen molar-refractivity contribution in [3.05, 3.63) is 65.9 Å². The number of anilines is 1. The Morgan fingerprint density at radius 2 is 1.74 bits per heavy atom. The van der Waals surface area contributed by atoms with Crippen LogP contribution in [0.25, 0.3) is 5.69 Å². The molecule has 0 aliphatic carbocycles. The molecule has 2 aromatic carbocycles. The molecule has 8 nitrogen and oxygen atoms in total. The first-order chi connectivity index (χ1) is 16.7. The summed E-state index contributed by atoms with van der Waals surface area (Å²) in [5.41, 5.74) is 1.77. The molecule has 8 heteroatoms. The Morgan fingerprint density at radius 1 is 1.06 bits per heavy atom. The monoisotopic (exact) mass is 478 g/mol. The molecular formula is C27H34N4O4. The van der Waals surface area contributed by atoms with E-state index >= 15 is 0 Å². The van der Waals surface area contributed by atoms with Gasteiger partial charge in [0.25, 0.3) is 11.8 Å². The zero-order chi connectivity index (χ0) is 25.6. The molecule has 0 radical (unpaired) electrons. The van der Waals surface area contributed by atoms with Gasteiger partial charge in [-0.15, -0.1) is 0 Å². The lowest BCUT2D eigenvalue weighted by Crippen LogP contribution is -2.31. The molecule has 0 aliphatic rings. The molecule has 3 aromatic rings. The predicted octanol–water partition coefficient (Wildman–Crippen LogP) is 4.68. The van der Waals surface area contributed by atoms with E-state index in [0.29, 0.717) is 30.2 Å². The minimum atomic E-state index is -0.396.